The molecule has 0 aliphatic carbocycles. The zero-order valence-corrected chi connectivity index (χ0v) is 15.7. The summed E-state index contributed by atoms with van der Waals surface area (Å²) >= 11 is 0. The average Bonchev–Trinajstić information content (AvgIpc) is 3.08. The van der Waals surface area contributed by atoms with Crippen LogP contribution in [0.1, 0.15) is 16.8 Å². The summed E-state index contributed by atoms with van der Waals surface area (Å²) in [5.41, 5.74) is 7.98. The standard InChI is InChI=1S/C19H22N6O3/c1-24(2)9-3-8-21-19(26)13-5-7-15-16(10-13)23-18(22-15)12-4-6-14(20)17(11-12)25(27)28/h4-7,10-11H,3,8-9,20H2,1-2H3,(H,21,26)(H,22,23). The summed E-state index contributed by atoms with van der Waals surface area (Å²) in [6.07, 6.45) is 0.866. The van der Waals surface area contributed by atoms with E-state index in [0.717, 1.165) is 13.0 Å². The van der Waals surface area contributed by atoms with E-state index in [2.05, 4.69) is 20.2 Å². The third-order valence-electron chi connectivity index (χ3n) is 4.31. The van der Waals surface area contributed by atoms with E-state index in [1.165, 1.54) is 12.1 Å². The summed E-state index contributed by atoms with van der Waals surface area (Å²) in [7, 11) is 3.97. The van der Waals surface area contributed by atoms with Gasteiger partial charge < -0.3 is 20.9 Å². The molecule has 9 nitrogen and oxygen atoms in total. The minimum absolute atomic E-state index is 0.0954. The average molecular weight is 382 g/mol. The summed E-state index contributed by atoms with van der Waals surface area (Å²) in [6, 6.07) is 9.70. The first-order valence-corrected chi connectivity index (χ1v) is 8.82. The molecule has 4 N–H and O–H groups in total. The number of carbonyl (C=O) groups is 1. The van der Waals surface area contributed by atoms with Gasteiger partial charge in [-0.1, -0.05) is 0 Å². The number of fused-ring (bicyclic) bond motifs is 1. The topological polar surface area (TPSA) is 130 Å². The lowest BCUT2D eigenvalue weighted by molar-refractivity contribution is -0.383. The number of nitrogens with one attached hydrogen (secondary N) is 2. The number of amides is 1. The lowest BCUT2D eigenvalue weighted by Gasteiger charge is -2.09. The number of nitrogens with two attached hydrogens (primary N) is 1. The van der Waals surface area contributed by atoms with Gasteiger partial charge in [0, 0.05) is 23.7 Å². The van der Waals surface area contributed by atoms with Crippen molar-refractivity contribution in [3.05, 3.63) is 52.1 Å². The van der Waals surface area contributed by atoms with Crippen molar-refractivity contribution in [2.75, 3.05) is 32.9 Å². The molecule has 0 spiro atoms. The third kappa shape index (κ3) is 4.26. The van der Waals surface area contributed by atoms with Gasteiger partial charge in [0.2, 0.25) is 0 Å². The van der Waals surface area contributed by atoms with Crippen molar-refractivity contribution in [1.82, 2.24) is 20.2 Å². The number of anilines is 1. The minimum Gasteiger partial charge on any atom is -0.393 e. The van der Waals surface area contributed by atoms with E-state index in [-0.39, 0.29) is 17.3 Å². The van der Waals surface area contributed by atoms with Gasteiger partial charge >= 0.3 is 0 Å². The molecule has 0 saturated heterocycles. The molecule has 3 aromatic rings. The fourth-order valence-electron chi connectivity index (χ4n) is 2.84. The molecule has 1 heterocycles. The van der Waals surface area contributed by atoms with Crippen LogP contribution < -0.4 is 11.1 Å². The number of benzene rings is 2. The van der Waals surface area contributed by atoms with Crippen LogP contribution in [0, 0.1) is 10.1 Å². The SMILES string of the molecule is CN(C)CCCNC(=O)c1ccc2nc(-c3ccc(N)c([N+](=O)[O-])c3)[nH]c2c1. The minimum atomic E-state index is -0.528. The molecule has 0 aliphatic heterocycles. The smallest absolute Gasteiger partial charge is 0.292 e. The number of nitrogen functional groups attached to an aromatic ring is 1. The van der Waals surface area contributed by atoms with Crippen LogP contribution in [0.4, 0.5) is 11.4 Å². The normalized spacial score (nSPS) is 11.1. The lowest BCUT2D eigenvalue weighted by atomic mass is 10.1. The van der Waals surface area contributed by atoms with Crippen LogP contribution in [-0.2, 0) is 0 Å². The van der Waals surface area contributed by atoms with Crippen LogP contribution in [-0.4, -0.2) is 52.9 Å². The van der Waals surface area contributed by atoms with Gasteiger partial charge in [-0.25, -0.2) is 4.98 Å². The molecule has 2 aromatic carbocycles. The molecular formula is C19H22N6O3. The van der Waals surface area contributed by atoms with E-state index < -0.39 is 4.92 Å². The molecule has 146 valence electrons. The molecule has 0 saturated carbocycles. The van der Waals surface area contributed by atoms with Gasteiger partial charge in [-0.05, 0) is 57.4 Å². The maximum atomic E-state index is 12.3. The number of aromatic amines is 1. The molecule has 9 heteroatoms. The number of carbonyl (C=O) groups excluding carboxylic acids is 1. The van der Waals surface area contributed by atoms with Gasteiger partial charge in [0.05, 0.1) is 16.0 Å². The number of H-pyrrole nitrogens is 1. The first-order valence-electron chi connectivity index (χ1n) is 8.82. The van der Waals surface area contributed by atoms with Crippen molar-refractivity contribution >= 4 is 28.3 Å². The molecule has 1 aromatic heterocycles. The Morgan fingerprint density at radius 2 is 2.07 bits per heavy atom. The van der Waals surface area contributed by atoms with E-state index in [1.807, 2.05) is 14.1 Å². The number of nitro groups is 1. The molecule has 0 unspecified atom stereocenters. The number of rotatable bonds is 7. The highest BCUT2D eigenvalue weighted by molar-refractivity contribution is 5.97. The summed E-state index contributed by atoms with van der Waals surface area (Å²) in [5.74, 6) is 0.321. The second-order valence-corrected chi connectivity index (χ2v) is 6.76. The van der Waals surface area contributed by atoms with E-state index in [1.54, 1.807) is 24.3 Å². The van der Waals surface area contributed by atoms with E-state index in [4.69, 9.17) is 5.73 Å². The Morgan fingerprint density at radius 3 is 2.79 bits per heavy atom. The summed E-state index contributed by atoms with van der Waals surface area (Å²) in [4.78, 5) is 32.5. The van der Waals surface area contributed by atoms with Gasteiger partial charge in [0.1, 0.15) is 11.5 Å². The van der Waals surface area contributed by atoms with E-state index >= 15 is 0 Å². The maximum Gasteiger partial charge on any atom is 0.292 e. The van der Waals surface area contributed by atoms with Crippen molar-refractivity contribution in [2.45, 2.75) is 6.42 Å². The second-order valence-electron chi connectivity index (χ2n) is 6.76. The summed E-state index contributed by atoms with van der Waals surface area (Å²) < 4.78 is 0. The molecule has 0 radical (unpaired) electrons. The number of nitro benzene ring substituents is 1. The van der Waals surface area contributed by atoms with Crippen LogP contribution in [0.25, 0.3) is 22.4 Å². The zero-order valence-electron chi connectivity index (χ0n) is 15.7. The van der Waals surface area contributed by atoms with Gasteiger partial charge in [-0.3, -0.25) is 14.9 Å². The highest BCUT2D eigenvalue weighted by atomic mass is 16.6. The van der Waals surface area contributed by atoms with Crippen LogP contribution in [0.2, 0.25) is 0 Å². The monoisotopic (exact) mass is 382 g/mol. The summed E-state index contributed by atoms with van der Waals surface area (Å²) in [5, 5.41) is 14.0. The van der Waals surface area contributed by atoms with Crippen molar-refractivity contribution < 1.29 is 9.72 Å². The number of aromatic nitrogens is 2. The number of hydrogen-bond acceptors (Lipinski definition) is 6. The Morgan fingerprint density at radius 1 is 1.29 bits per heavy atom. The highest BCUT2D eigenvalue weighted by Crippen LogP contribution is 2.28. The van der Waals surface area contributed by atoms with Crippen molar-refractivity contribution in [3.8, 4) is 11.4 Å². The fraction of sp³-hybridized carbons (Fsp3) is 0.263. The molecule has 0 fully saturated rings. The van der Waals surface area contributed by atoms with E-state index in [9.17, 15) is 14.9 Å². The van der Waals surface area contributed by atoms with Crippen molar-refractivity contribution in [3.63, 3.8) is 0 Å². The first kappa shape index (κ1) is 19.3. The lowest BCUT2D eigenvalue weighted by Crippen LogP contribution is -2.27. The third-order valence-corrected chi connectivity index (χ3v) is 4.31. The number of nitrogens with zero attached hydrogens (tertiary/aromatic N) is 3. The quantitative estimate of drug-likeness (QED) is 0.249. The maximum absolute atomic E-state index is 12.3. The Kier molecular flexibility index (Phi) is 5.55. The van der Waals surface area contributed by atoms with Crippen LogP contribution >= 0.6 is 0 Å². The molecule has 28 heavy (non-hydrogen) atoms. The first-order chi connectivity index (χ1) is 13.3. The van der Waals surface area contributed by atoms with Crippen LogP contribution in [0.3, 0.4) is 0 Å². The van der Waals surface area contributed by atoms with Crippen molar-refractivity contribution in [2.24, 2.45) is 0 Å². The van der Waals surface area contributed by atoms with Gasteiger partial charge in [0.25, 0.3) is 11.6 Å². The van der Waals surface area contributed by atoms with Crippen molar-refractivity contribution in [1.29, 1.82) is 0 Å². The molecular weight excluding hydrogens is 360 g/mol. The zero-order chi connectivity index (χ0) is 20.3. The second kappa shape index (κ2) is 8.05. The Hall–Kier alpha value is -3.46. The predicted molar refractivity (Wildman–Crippen MR) is 108 cm³/mol. The fourth-order valence-corrected chi connectivity index (χ4v) is 2.84. The molecule has 3 rings (SSSR count). The number of hydrogen-bond donors (Lipinski definition) is 3. The van der Waals surface area contributed by atoms with Gasteiger partial charge in [0.15, 0.2) is 0 Å². The predicted octanol–water partition coefficient (Wildman–Crippen LogP) is 2.40. The Labute approximate surface area is 161 Å². The van der Waals surface area contributed by atoms with Crippen LogP contribution in [0.5, 0.6) is 0 Å². The molecule has 0 aliphatic rings. The van der Waals surface area contributed by atoms with Gasteiger partial charge in [-0.15, -0.1) is 0 Å². The van der Waals surface area contributed by atoms with Crippen LogP contribution in [0.15, 0.2) is 36.4 Å². The molecule has 0 bridgehead atoms. The Balaban J connectivity index is 1.80. The van der Waals surface area contributed by atoms with Gasteiger partial charge in [-0.2, -0.15) is 0 Å². The largest absolute Gasteiger partial charge is 0.393 e. The highest BCUT2D eigenvalue weighted by Gasteiger charge is 2.15. The molecule has 1 amide bonds. The number of imidazole rings is 1. The Bertz CT molecular complexity index is 1030. The molecule has 0 atom stereocenters. The summed E-state index contributed by atoms with van der Waals surface area (Å²) in [6.45, 7) is 1.50. The van der Waals surface area contributed by atoms with E-state index in [0.29, 0.717) is 34.5 Å².